The normalized spacial score (nSPS) is 17.5. The number of amides is 1. The van der Waals surface area contributed by atoms with Crippen molar-refractivity contribution in [2.75, 3.05) is 0 Å². The molecule has 0 bridgehead atoms. The van der Waals surface area contributed by atoms with Crippen molar-refractivity contribution in [2.45, 2.75) is 13.0 Å². The van der Waals surface area contributed by atoms with Crippen LogP contribution in [0.5, 0.6) is 0 Å². The maximum atomic E-state index is 11.9. The van der Waals surface area contributed by atoms with E-state index in [1.165, 1.54) is 0 Å². The SMILES string of the molecule is O=C1NC(=S)C/C1=C/c1cc2ccc(-c3ccc4c(c3)COC4=O)cc2s1. The smallest absolute Gasteiger partial charge is 0.338 e. The average Bonchev–Trinajstić information content (AvgIpc) is 3.31. The lowest BCUT2D eigenvalue weighted by atomic mass is 10.00. The molecular weight excluding hydrogens is 378 g/mol. The number of fused-ring (bicyclic) bond motifs is 2. The second kappa shape index (κ2) is 6.11. The van der Waals surface area contributed by atoms with Gasteiger partial charge < -0.3 is 10.1 Å². The molecule has 2 aromatic carbocycles. The largest absolute Gasteiger partial charge is 0.457 e. The number of cyclic esters (lactones) is 1. The standard InChI is InChI=1S/C21H13NO3S2/c23-20-14(9-19(26)22-20)7-16-6-13-2-1-12(8-18(13)27-16)11-3-4-17-15(5-11)10-25-21(17)24/h1-8H,9-10H2,(H,22,23,26)/b14-7-. The van der Waals surface area contributed by atoms with Crippen LogP contribution in [0, 0.1) is 0 Å². The van der Waals surface area contributed by atoms with Crippen molar-refractivity contribution in [3.8, 4) is 11.1 Å². The minimum absolute atomic E-state index is 0.104. The summed E-state index contributed by atoms with van der Waals surface area (Å²) in [6.45, 7) is 0.338. The molecule has 2 aliphatic heterocycles. The Balaban J connectivity index is 1.51. The van der Waals surface area contributed by atoms with Gasteiger partial charge in [-0.3, -0.25) is 4.79 Å². The number of ether oxygens (including phenoxy) is 1. The van der Waals surface area contributed by atoms with Gasteiger partial charge in [0.2, 0.25) is 0 Å². The van der Waals surface area contributed by atoms with Crippen LogP contribution in [0.1, 0.15) is 27.2 Å². The van der Waals surface area contributed by atoms with E-state index in [1.54, 1.807) is 11.3 Å². The summed E-state index contributed by atoms with van der Waals surface area (Å²) in [5, 5.41) is 3.81. The topological polar surface area (TPSA) is 55.4 Å². The summed E-state index contributed by atoms with van der Waals surface area (Å²) in [6.07, 6.45) is 2.42. The minimum Gasteiger partial charge on any atom is -0.457 e. The third kappa shape index (κ3) is 2.87. The van der Waals surface area contributed by atoms with Crippen molar-refractivity contribution in [1.29, 1.82) is 0 Å². The van der Waals surface area contributed by atoms with Crippen molar-refractivity contribution in [1.82, 2.24) is 5.32 Å². The highest BCUT2D eigenvalue weighted by molar-refractivity contribution is 7.80. The number of hydrogen-bond donors (Lipinski definition) is 1. The zero-order valence-corrected chi connectivity index (χ0v) is 15.7. The molecule has 4 nitrogen and oxygen atoms in total. The van der Waals surface area contributed by atoms with Gasteiger partial charge in [-0.2, -0.15) is 0 Å². The number of esters is 1. The Hall–Kier alpha value is -2.83. The number of nitrogens with one attached hydrogen (secondary N) is 1. The Kier molecular flexibility index (Phi) is 3.70. The molecule has 0 spiro atoms. The Morgan fingerprint density at radius 3 is 2.70 bits per heavy atom. The molecule has 2 aliphatic rings. The molecule has 27 heavy (non-hydrogen) atoms. The van der Waals surface area contributed by atoms with Gasteiger partial charge in [-0.25, -0.2) is 4.79 Å². The van der Waals surface area contributed by atoms with Crippen LogP contribution in [0.15, 0.2) is 48.0 Å². The predicted octanol–water partition coefficient (Wildman–Crippen LogP) is 4.47. The summed E-state index contributed by atoms with van der Waals surface area (Å²) in [5.74, 6) is -0.355. The summed E-state index contributed by atoms with van der Waals surface area (Å²) in [5.41, 5.74) is 4.43. The van der Waals surface area contributed by atoms with Gasteiger partial charge >= 0.3 is 5.97 Å². The van der Waals surface area contributed by atoms with Gasteiger partial charge in [0.1, 0.15) is 6.61 Å². The van der Waals surface area contributed by atoms with Crippen molar-refractivity contribution in [2.24, 2.45) is 0 Å². The lowest BCUT2D eigenvalue weighted by Gasteiger charge is -2.03. The molecule has 132 valence electrons. The maximum Gasteiger partial charge on any atom is 0.338 e. The lowest BCUT2D eigenvalue weighted by Crippen LogP contribution is -2.17. The van der Waals surface area contributed by atoms with Crippen LogP contribution in [0.3, 0.4) is 0 Å². The first kappa shape index (κ1) is 16.4. The number of carbonyl (C=O) groups is 2. The third-order valence-corrected chi connectivity index (χ3v) is 6.06. The lowest BCUT2D eigenvalue weighted by molar-refractivity contribution is -0.115. The van der Waals surface area contributed by atoms with Gasteiger partial charge in [-0.1, -0.05) is 30.4 Å². The quantitative estimate of drug-likeness (QED) is 0.398. The van der Waals surface area contributed by atoms with E-state index in [0.717, 1.165) is 31.7 Å². The summed E-state index contributed by atoms with van der Waals surface area (Å²) in [6, 6.07) is 14.2. The summed E-state index contributed by atoms with van der Waals surface area (Å²) < 4.78 is 6.23. The van der Waals surface area contributed by atoms with Gasteiger partial charge in [0.25, 0.3) is 5.91 Å². The van der Waals surface area contributed by atoms with Gasteiger partial charge in [0.15, 0.2) is 0 Å². The highest BCUT2D eigenvalue weighted by Crippen LogP contribution is 2.33. The Morgan fingerprint density at radius 2 is 1.89 bits per heavy atom. The molecule has 3 aromatic rings. The maximum absolute atomic E-state index is 11.9. The van der Waals surface area contributed by atoms with Crippen LogP contribution in [0.25, 0.3) is 27.3 Å². The molecular formula is C21H13NO3S2. The highest BCUT2D eigenvalue weighted by Gasteiger charge is 2.22. The predicted molar refractivity (Wildman–Crippen MR) is 110 cm³/mol. The van der Waals surface area contributed by atoms with E-state index in [0.29, 0.717) is 29.2 Å². The number of hydrogen-bond acceptors (Lipinski definition) is 5. The molecule has 1 amide bonds. The average molecular weight is 391 g/mol. The van der Waals surface area contributed by atoms with Crippen LogP contribution in [-0.4, -0.2) is 16.9 Å². The van der Waals surface area contributed by atoms with Crippen LogP contribution in [0.4, 0.5) is 0 Å². The fraction of sp³-hybridized carbons (Fsp3) is 0.0952. The number of thiocarbonyl (C=S) groups is 1. The fourth-order valence-corrected chi connectivity index (χ4v) is 4.73. The van der Waals surface area contributed by atoms with Crippen LogP contribution in [-0.2, 0) is 16.1 Å². The van der Waals surface area contributed by atoms with E-state index >= 15 is 0 Å². The zero-order chi connectivity index (χ0) is 18.5. The molecule has 5 rings (SSSR count). The second-order valence-corrected chi connectivity index (χ2v) is 8.18. The van der Waals surface area contributed by atoms with Crippen LogP contribution in [0.2, 0.25) is 0 Å². The van der Waals surface area contributed by atoms with Gasteiger partial charge in [-0.15, -0.1) is 11.3 Å². The molecule has 0 radical (unpaired) electrons. The van der Waals surface area contributed by atoms with Crippen LogP contribution < -0.4 is 5.32 Å². The summed E-state index contributed by atoms with van der Waals surface area (Å²) in [4.78, 5) is 25.1. The van der Waals surface area contributed by atoms with Crippen molar-refractivity contribution in [3.05, 3.63) is 64.0 Å². The number of rotatable bonds is 2. The summed E-state index contributed by atoms with van der Waals surface area (Å²) >= 11 is 6.71. The highest BCUT2D eigenvalue weighted by atomic mass is 32.1. The van der Waals surface area contributed by atoms with E-state index in [4.69, 9.17) is 17.0 Å². The zero-order valence-electron chi connectivity index (χ0n) is 14.1. The number of carbonyl (C=O) groups excluding carboxylic acids is 2. The molecule has 1 aromatic heterocycles. The Labute approximate surface area is 164 Å². The first-order chi connectivity index (χ1) is 13.1. The minimum atomic E-state index is -0.252. The molecule has 1 fully saturated rings. The first-order valence-corrected chi connectivity index (χ1v) is 9.68. The Morgan fingerprint density at radius 1 is 1.07 bits per heavy atom. The molecule has 0 atom stereocenters. The molecule has 0 aliphatic carbocycles. The molecule has 1 saturated heterocycles. The van der Waals surface area contributed by atoms with E-state index in [9.17, 15) is 9.59 Å². The molecule has 0 unspecified atom stereocenters. The van der Waals surface area contributed by atoms with E-state index in [1.807, 2.05) is 24.3 Å². The van der Waals surface area contributed by atoms with E-state index < -0.39 is 0 Å². The van der Waals surface area contributed by atoms with Gasteiger partial charge in [0, 0.05) is 27.1 Å². The van der Waals surface area contributed by atoms with Crippen LogP contribution >= 0.6 is 23.6 Å². The van der Waals surface area contributed by atoms with Gasteiger partial charge in [0.05, 0.1) is 10.6 Å². The van der Waals surface area contributed by atoms with Crippen molar-refractivity contribution < 1.29 is 14.3 Å². The molecule has 1 N–H and O–H groups in total. The molecule has 6 heteroatoms. The second-order valence-electron chi connectivity index (χ2n) is 6.57. The fourth-order valence-electron chi connectivity index (χ4n) is 3.41. The van der Waals surface area contributed by atoms with Crippen molar-refractivity contribution >= 4 is 56.6 Å². The summed E-state index contributed by atoms with van der Waals surface area (Å²) in [7, 11) is 0. The molecule has 0 saturated carbocycles. The van der Waals surface area contributed by atoms with E-state index in [-0.39, 0.29) is 11.9 Å². The number of benzene rings is 2. The van der Waals surface area contributed by atoms with E-state index in [2.05, 4.69) is 29.6 Å². The van der Waals surface area contributed by atoms with Crippen molar-refractivity contribution in [3.63, 3.8) is 0 Å². The third-order valence-electron chi connectivity index (χ3n) is 4.77. The monoisotopic (exact) mass is 391 g/mol. The first-order valence-electron chi connectivity index (χ1n) is 8.45. The number of thiophene rings is 1. The van der Waals surface area contributed by atoms with Gasteiger partial charge in [-0.05, 0) is 46.9 Å². The molecule has 3 heterocycles. The Bertz CT molecular complexity index is 1190.